The van der Waals surface area contributed by atoms with Gasteiger partial charge in [-0.1, -0.05) is 286 Å². The number of ether oxygens (including phenoxy) is 4. The SMILES string of the molecule is C.CCCc1ccccc1.Cc1cc(OCc2ccccc2)cc(C(O)CBr)c1.Cc1cc(OCc2ccccc2)cc(C(O)CCCCc2ccccc2)c1.Cc1cc(OCc2ccccc2)cc(C2CO2)c1.O=CO[O-].Oc1cc(O)cc(C(O)CCCCc2ccccc2)c1.Oc1cc(O)cc(C(O)CCCCc2ccccc2)c1.[CH3-].[H-].[HH].[K+].[K+].[Pd]. The molecular weight excluding hydrogens is 1740 g/mol. The molecule has 5 atom stereocenters. The Hall–Kier alpha value is -7.11. The number of alkyl halides is 1. The molecule has 15 nitrogen and oxygen atoms in total. The van der Waals surface area contributed by atoms with Gasteiger partial charge in [0.25, 0.3) is 6.47 Å². The smallest absolute Gasteiger partial charge is 1.00 e. The molecule has 0 bridgehead atoms. The summed E-state index contributed by atoms with van der Waals surface area (Å²) in [6, 6.07) is 98.6. The van der Waals surface area contributed by atoms with Crippen LogP contribution in [0.2, 0.25) is 0 Å². The molecule has 12 aromatic carbocycles. The van der Waals surface area contributed by atoms with Gasteiger partial charge in [-0.15, -0.1) is 0 Å². The molecular formula is C103H124BrK2O15Pd-. The van der Waals surface area contributed by atoms with E-state index in [2.05, 4.69) is 162 Å². The quantitative estimate of drug-likeness (QED) is 0.00278. The van der Waals surface area contributed by atoms with Crippen LogP contribution in [0.3, 0.4) is 0 Å². The third-order valence-electron chi connectivity index (χ3n) is 18.7. The van der Waals surface area contributed by atoms with Gasteiger partial charge in [-0.05, 0) is 229 Å². The first-order valence-electron chi connectivity index (χ1n) is 40.0. The molecule has 1 fully saturated rings. The van der Waals surface area contributed by atoms with Crippen LogP contribution in [-0.4, -0.2) is 59.3 Å². The van der Waals surface area contributed by atoms with Gasteiger partial charge in [0.1, 0.15) is 66.2 Å². The molecule has 1 aliphatic rings. The van der Waals surface area contributed by atoms with Gasteiger partial charge in [0.15, 0.2) is 0 Å². The standard InChI is InChI=1S/C25H28O2.2C17H20O3.C16H17BrO2.C16H16O2.C9H12.CH2O3.CH4.CH3.2K.Pd.H2.H/c1-20-16-23(18-24(17-20)27-19-22-13-6-3-7-14-22)25(26)15-9-8-12-21-10-4-2-5-11-21;2*18-15-10-14(11-16(19)12-15)17(20)9-5-4-8-13-6-2-1-3-7-13;1-12-7-14(16(18)10-17)9-15(8-12)19-11-13-5-3-2-4-6-13;1-12-7-14(16-11-18-16)9-15(8-12)17-10-13-5-3-2-4-6-13;1-2-6-9-7-4-3-5-8-9;2-1-4-3;;;;;;;/h2-7,10-11,13-14,16-18,25-26H,8-9,12,15,19H2,1H3;2*1-3,6-7,10-12,17-20H,4-5,8-9H2;2-9,16,18H,10-11H2,1H3;2-9,16H,10-11H2,1H3;3-5,7-8H,2,6H2,1H3;1,3H;1H4;1H3;;;;1H;/q;;;;;;;;-1;2*+1;;;-1/p-1. The molecule has 5 unspecified atom stereocenters. The number of hydrogen-bond acceptors (Lipinski definition) is 15. The number of hydrogen-bond donors (Lipinski definition) is 8. The Morgan fingerprint density at radius 1 is 0.402 bits per heavy atom. The Kier molecular flexibility index (Phi) is 59.5. The van der Waals surface area contributed by atoms with Gasteiger partial charge < -0.3 is 78.8 Å². The summed E-state index contributed by atoms with van der Waals surface area (Å²) in [5.74, 6) is 2.43. The van der Waals surface area contributed by atoms with E-state index in [9.17, 15) is 40.9 Å². The number of phenolic OH excluding ortho intramolecular Hbond substituents is 4. The molecule has 646 valence electrons. The van der Waals surface area contributed by atoms with Crippen LogP contribution in [0.1, 0.15) is 195 Å². The number of carbonyl (C=O) groups is 1. The Labute approximate surface area is 835 Å². The molecule has 0 aliphatic carbocycles. The Morgan fingerprint density at radius 3 is 0.926 bits per heavy atom. The Morgan fingerprint density at radius 2 is 0.656 bits per heavy atom. The van der Waals surface area contributed by atoms with Crippen molar-refractivity contribution >= 4 is 22.4 Å². The number of unbranched alkanes of at least 4 members (excludes halogenated alkanes) is 3. The Balaban J connectivity index is 0.00000146. The maximum Gasteiger partial charge on any atom is 1.00 e. The summed E-state index contributed by atoms with van der Waals surface area (Å²) in [7, 11) is 0. The van der Waals surface area contributed by atoms with Crippen LogP contribution in [0.4, 0.5) is 0 Å². The van der Waals surface area contributed by atoms with E-state index in [4.69, 9.17) is 29.0 Å². The van der Waals surface area contributed by atoms with E-state index in [0.29, 0.717) is 49.1 Å². The minimum atomic E-state index is -0.649. The first kappa shape index (κ1) is 111. The fraction of sp³-hybridized carbons (Fsp3) is 0.282. The van der Waals surface area contributed by atoms with E-state index in [0.717, 1.165) is 121 Å². The van der Waals surface area contributed by atoms with E-state index < -0.39 is 24.4 Å². The fourth-order valence-corrected chi connectivity index (χ4v) is 13.1. The topological polar surface area (TPSA) is 251 Å². The molecule has 0 aromatic heterocycles. The van der Waals surface area contributed by atoms with Crippen molar-refractivity contribution in [3.8, 4) is 40.2 Å². The zero-order chi connectivity index (χ0) is 83.6. The first-order chi connectivity index (χ1) is 56.8. The van der Waals surface area contributed by atoms with Gasteiger partial charge in [-0.3, -0.25) is 4.79 Å². The monoisotopic (exact) mass is 1860 g/mol. The number of halogens is 1. The zero-order valence-electron chi connectivity index (χ0n) is 71.9. The van der Waals surface area contributed by atoms with Crippen LogP contribution >= 0.6 is 15.9 Å². The first-order valence-corrected chi connectivity index (χ1v) is 41.2. The molecule has 0 spiro atoms. The van der Waals surface area contributed by atoms with Gasteiger partial charge in [0.2, 0.25) is 0 Å². The van der Waals surface area contributed by atoms with Crippen LogP contribution < -0.4 is 122 Å². The van der Waals surface area contributed by atoms with Gasteiger partial charge in [0.05, 0.1) is 31.0 Å². The van der Waals surface area contributed by atoms with Crippen LogP contribution in [-0.2, 0) is 80.3 Å². The summed E-state index contributed by atoms with van der Waals surface area (Å²) in [4.78, 5) is 11.2. The van der Waals surface area contributed by atoms with Crippen LogP contribution in [0.15, 0.2) is 303 Å². The van der Waals surface area contributed by atoms with Crippen LogP contribution in [0.25, 0.3) is 0 Å². The summed E-state index contributed by atoms with van der Waals surface area (Å²) < 4.78 is 22.9. The number of aromatic hydroxyl groups is 4. The molecule has 0 saturated carbocycles. The predicted molar refractivity (Wildman–Crippen MR) is 484 cm³/mol. The van der Waals surface area contributed by atoms with Gasteiger partial charge in [-0.25, -0.2) is 0 Å². The molecule has 1 aliphatic heterocycles. The number of aliphatic hydroxyl groups excluding tert-OH is 4. The van der Waals surface area contributed by atoms with Crippen molar-refractivity contribution in [1.82, 2.24) is 0 Å². The van der Waals surface area contributed by atoms with Crippen LogP contribution in [0, 0.1) is 28.2 Å². The van der Waals surface area contributed by atoms with Crippen molar-refractivity contribution in [2.24, 2.45) is 0 Å². The number of aryl methyl sites for hydroxylation is 7. The second-order valence-electron chi connectivity index (χ2n) is 28.8. The minimum absolute atomic E-state index is 0. The van der Waals surface area contributed by atoms with Gasteiger partial charge in [0, 0.05) is 39.3 Å². The molecule has 8 N–H and O–H groups in total. The van der Waals surface area contributed by atoms with Gasteiger partial charge in [-0.2, -0.15) is 0 Å². The minimum Gasteiger partial charge on any atom is -1.00 e. The molecule has 1 saturated heterocycles. The molecule has 0 radical (unpaired) electrons. The van der Waals surface area contributed by atoms with Crippen molar-refractivity contribution in [3.63, 3.8) is 0 Å². The maximum absolute atomic E-state index is 10.6. The van der Waals surface area contributed by atoms with Crippen molar-refractivity contribution < 1.29 is 201 Å². The average molecular weight is 1870 g/mol. The average Bonchev–Trinajstić information content (AvgIpc) is 1.68. The second kappa shape index (κ2) is 65.5. The Bertz CT molecular complexity index is 4550. The molecule has 1 heterocycles. The number of phenols is 4. The van der Waals surface area contributed by atoms with E-state index in [1.807, 2.05) is 153 Å². The second-order valence-corrected chi connectivity index (χ2v) is 29.4. The predicted octanol–water partition coefficient (Wildman–Crippen LogP) is 17.3. The third kappa shape index (κ3) is 46.7. The molecule has 122 heavy (non-hydrogen) atoms. The normalized spacial score (nSPS) is 12.0. The number of epoxide rings is 1. The van der Waals surface area contributed by atoms with Crippen molar-refractivity contribution in [1.29, 1.82) is 0 Å². The summed E-state index contributed by atoms with van der Waals surface area (Å²) in [6.45, 7) is 10.7. The van der Waals surface area contributed by atoms with Crippen LogP contribution in [0.5, 0.6) is 40.2 Å². The summed E-state index contributed by atoms with van der Waals surface area (Å²) in [5, 5.41) is 87.1. The van der Waals surface area contributed by atoms with E-state index in [1.54, 1.807) is 0 Å². The van der Waals surface area contributed by atoms with Crippen molar-refractivity contribution in [3.05, 3.63) is 394 Å². The fourth-order valence-electron chi connectivity index (χ4n) is 12.7. The largest absolute Gasteiger partial charge is 1.00 e. The molecule has 13 rings (SSSR count). The summed E-state index contributed by atoms with van der Waals surface area (Å²) in [5.41, 5.74) is 16.4. The van der Waals surface area contributed by atoms with E-state index in [-0.39, 0.29) is 176 Å². The molecule has 0 amide bonds. The molecule has 12 aromatic rings. The van der Waals surface area contributed by atoms with E-state index >= 15 is 0 Å². The van der Waals surface area contributed by atoms with Crippen molar-refractivity contribution in [2.75, 3.05) is 11.9 Å². The van der Waals surface area contributed by atoms with E-state index in [1.165, 1.54) is 88.2 Å². The number of rotatable bonds is 33. The molecule has 19 heteroatoms. The van der Waals surface area contributed by atoms with Crippen molar-refractivity contribution in [2.45, 2.75) is 175 Å². The summed E-state index contributed by atoms with van der Waals surface area (Å²) >= 11 is 3.29. The third-order valence-corrected chi connectivity index (χ3v) is 19.3. The number of carbonyl (C=O) groups excluding carboxylic acids is 1. The van der Waals surface area contributed by atoms with Gasteiger partial charge >= 0.3 is 103 Å². The maximum atomic E-state index is 10.6. The summed E-state index contributed by atoms with van der Waals surface area (Å²) in [6.07, 6.45) is 11.5. The zero-order valence-corrected chi connectivity index (χ0v) is 80.3. The number of aliphatic hydroxyl groups is 4. The number of benzene rings is 12.